The molecule has 26 heteroatoms. The van der Waals surface area contributed by atoms with Gasteiger partial charge in [-0.2, -0.15) is 96.6 Å². The molecular formula is C11HF23O3. The van der Waals surface area contributed by atoms with Crippen LogP contribution in [0.1, 0.15) is 0 Å². The Morgan fingerprint density at radius 3 is 0.946 bits per heavy atom. The van der Waals surface area contributed by atoms with Crippen LogP contribution in [0.5, 0.6) is 0 Å². The quantitative estimate of drug-likeness (QED) is 0.254. The average molecular weight is 618 g/mol. The van der Waals surface area contributed by atoms with Crippen LogP contribution in [0.3, 0.4) is 0 Å². The third kappa shape index (κ3) is 6.30. The van der Waals surface area contributed by atoms with Crippen molar-refractivity contribution in [3.63, 3.8) is 0 Å². The first-order chi connectivity index (χ1) is 15.5. The van der Waals surface area contributed by atoms with Crippen molar-refractivity contribution >= 4 is 0 Å². The Morgan fingerprint density at radius 2 is 0.676 bits per heavy atom. The van der Waals surface area contributed by atoms with E-state index < -0.39 is 67.0 Å². The molecule has 0 saturated carbocycles. The minimum atomic E-state index is -8.60. The van der Waals surface area contributed by atoms with E-state index in [9.17, 15) is 101 Å². The Bertz CT molecular complexity index is 790. The predicted molar refractivity (Wildman–Crippen MR) is 59.8 cm³/mol. The van der Waals surface area contributed by atoms with Gasteiger partial charge in [-0.3, -0.25) is 14.2 Å². The third-order valence-corrected chi connectivity index (χ3v) is 3.25. The molecule has 0 aromatic heterocycles. The second-order valence-electron chi connectivity index (χ2n) is 5.99. The monoisotopic (exact) mass is 618 g/mol. The Labute approximate surface area is 184 Å². The highest BCUT2D eigenvalue weighted by Crippen LogP contribution is 2.58. The SMILES string of the molecule is F[C@H](OC(F)(F)[C@@](F)(OC(F)(F)[C@](F)(OC(F)(F)C(F)(F)C(F)(F)F)C(F)(F)F)C(F)(F)F)C(F)(F)F. The van der Waals surface area contributed by atoms with E-state index in [-0.39, 0.29) is 0 Å². The van der Waals surface area contributed by atoms with Crippen molar-refractivity contribution in [3.8, 4) is 0 Å². The van der Waals surface area contributed by atoms with Gasteiger partial charge in [-0.05, 0) is 0 Å². The van der Waals surface area contributed by atoms with E-state index in [2.05, 4.69) is 0 Å². The van der Waals surface area contributed by atoms with E-state index in [1.165, 1.54) is 4.74 Å². The van der Waals surface area contributed by atoms with Gasteiger partial charge < -0.3 is 0 Å². The number of rotatable bonds is 9. The van der Waals surface area contributed by atoms with Crippen LogP contribution in [0.2, 0.25) is 0 Å². The van der Waals surface area contributed by atoms with Crippen molar-refractivity contribution in [2.24, 2.45) is 0 Å². The van der Waals surface area contributed by atoms with Gasteiger partial charge in [-0.1, -0.05) is 0 Å². The standard InChI is InChI=1S/C11HF23O3/c12-1(2(13,14)15)35-10(31,32)4(18,7(23,24)25)37-11(33,34)5(19,8(26,27)28)36-9(29,30)3(16,17)6(20,21)22/h1H/t1-,4+,5-/m1/s1. The van der Waals surface area contributed by atoms with Crippen molar-refractivity contribution in [2.45, 2.75) is 67.0 Å². The Balaban J connectivity index is 6.96. The zero-order valence-electron chi connectivity index (χ0n) is 15.5. The van der Waals surface area contributed by atoms with Gasteiger partial charge >= 0.3 is 60.7 Å². The molecule has 0 rings (SSSR count). The predicted octanol–water partition coefficient (Wildman–Crippen LogP) is 7.33. The molecule has 0 amide bonds. The fraction of sp³-hybridized carbons (Fsp3) is 1.00. The highest BCUT2D eigenvalue weighted by atomic mass is 19.4. The molecule has 0 spiro atoms. The molecule has 37 heavy (non-hydrogen) atoms. The van der Waals surface area contributed by atoms with E-state index in [0.717, 1.165) is 9.47 Å². The first kappa shape index (κ1) is 35.3. The van der Waals surface area contributed by atoms with Crippen molar-refractivity contribution < 1.29 is 115 Å². The molecule has 224 valence electrons. The lowest BCUT2D eigenvalue weighted by Gasteiger charge is -2.41. The largest absolute Gasteiger partial charge is 0.462 e. The summed E-state index contributed by atoms with van der Waals surface area (Å²) in [6.07, 6.45) is -61.9. The lowest BCUT2D eigenvalue weighted by Crippen LogP contribution is -2.70. The smallest absolute Gasteiger partial charge is 0.272 e. The third-order valence-electron chi connectivity index (χ3n) is 3.25. The van der Waals surface area contributed by atoms with Gasteiger partial charge in [-0.25, -0.2) is 4.39 Å². The highest BCUT2D eigenvalue weighted by Gasteiger charge is 2.87. The van der Waals surface area contributed by atoms with Gasteiger partial charge in [-0.15, -0.1) is 0 Å². The molecule has 0 unspecified atom stereocenters. The topological polar surface area (TPSA) is 27.7 Å². The molecule has 0 N–H and O–H groups in total. The molecule has 0 aliphatic rings. The molecule has 0 aromatic carbocycles. The Morgan fingerprint density at radius 1 is 0.378 bits per heavy atom. The molecule has 0 bridgehead atoms. The molecule has 0 aliphatic carbocycles. The van der Waals surface area contributed by atoms with Crippen LogP contribution >= 0.6 is 0 Å². The van der Waals surface area contributed by atoms with Crippen molar-refractivity contribution in [1.29, 1.82) is 0 Å². The lowest BCUT2D eigenvalue weighted by atomic mass is 10.2. The highest BCUT2D eigenvalue weighted by molar-refractivity contribution is 4.96. The van der Waals surface area contributed by atoms with Crippen LogP contribution in [0.15, 0.2) is 0 Å². The minimum absolute atomic E-state index is 1.01. The maximum Gasteiger partial charge on any atom is 0.462 e. The number of alkyl halides is 23. The minimum Gasteiger partial charge on any atom is -0.272 e. The van der Waals surface area contributed by atoms with Crippen molar-refractivity contribution in [3.05, 3.63) is 0 Å². The lowest BCUT2D eigenvalue weighted by molar-refractivity contribution is -0.575. The Hall–Kier alpha value is -1.73. The fourth-order valence-electron chi connectivity index (χ4n) is 1.49. The van der Waals surface area contributed by atoms with Crippen LogP contribution < -0.4 is 0 Å². The first-order valence-corrected chi connectivity index (χ1v) is 7.42. The summed E-state index contributed by atoms with van der Waals surface area (Å²) in [4.78, 5) is 0. The summed E-state index contributed by atoms with van der Waals surface area (Å²) in [7, 11) is 0. The second-order valence-corrected chi connectivity index (χ2v) is 5.99. The van der Waals surface area contributed by atoms with Crippen LogP contribution in [0, 0.1) is 0 Å². The van der Waals surface area contributed by atoms with E-state index in [4.69, 9.17) is 0 Å². The number of hydrogen-bond acceptors (Lipinski definition) is 3. The summed E-state index contributed by atoms with van der Waals surface area (Å²) in [5.74, 6) is -25.1. The molecule has 0 radical (unpaired) electrons. The summed E-state index contributed by atoms with van der Waals surface area (Å²) in [5.41, 5.74) is 0. The maximum atomic E-state index is 13.8. The maximum absolute atomic E-state index is 13.8. The fourth-order valence-corrected chi connectivity index (χ4v) is 1.49. The molecular weight excluding hydrogens is 617 g/mol. The van der Waals surface area contributed by atoms with E-state index in [1.807, 2.05) is 0 Å². The van der Waals surface area contributed by atoms with Crippen molar-refractivity contribution in [1.82, 2.24) is 0 Å². The summed E-state index contributed by atoms with van der Waals surface area (Å²) < 4.78 is 295. The molecule has 3 atom stereocenters. The van der Waals surface area contributed by atoms with Crippen molar-refractivity contribution in [2.75, 3.05) is 0 Å². The van der Waals surface area contributed by atoms with Gasteiger partial charge in [0.25, 0.3) is 6.36 Å². The summed E-state index contributed by atoms with van der Waals surface area (Å²) in [6, 6.07) is 0. The second kappa shape index (κ2) is 9.18. The van der Waals surface area contributed by atoms with Gasteiger partial charge in [0.05, 0.1) is 0 Å². The zero-order valence-corrected chi connectivity index (χ0v) is 15.5. The van der Waals surface area contributed by atoms with Crippen LogP contribution in [-0.2, 0) is 14.2 Å². The molecule has 3 nitrogen and oxygen atoms in total. The van der Waals surface area contributed by atoms with Crippen LogP contribution in [0.4, 0.5) is 101 Å². The summed E-state index contributed by atoms with van der Waals surface area (Å²) in [6.45, 7) is 0. The van der Waals surface area contributed by atoms with Gasteiger partial charge in [0.15, 0.2) is 0 Å². The van der Waals surface area contributed by atoms with E-state index >= 15 is 0 Å². The van der Waals surface area contributed by atoms with Gasteiger partial charge in [0.1, 0.15) is 0 Å². The van der Waals surface area contributed by atoms with Crippen LogP contribution in [-0.4, -0.2) is 67.0 Å². The molecule has 0 aliphatic heterocycles. The molecule has 0 saturated heterocycles. The van der Waals surface area contributed by atoms with Crippen LogP contribution in [0.25, 0.3) is 0 Å². The number of hydrogen-bond donors (Lipinski definition) is 0. The number of halogens is 23. The van der Waals surface area contributed by atoms with Gasteiger partial charge in [0.2, 0.25) is 0 Å². The molecule has 0 heterocycles. The normalized spacial score (nSPS) is 19.9. The first-order valence-electron chi connectivity index (χ1n) is 7.42. The average Bonchev–Trinajstić information content (AvgIpc) is 2.56. The van der Waals surface area contributed by atoms with Gasteiger partial charge in [0, 0.05) is 0 Å². The van der Waals surface area contributed by atoms with E-state index in [1.54, 1.807) is 0 Å². The summed E-state index contributed by atoms with van der Waals surface area (Å²) >= 11 is 0. The van der Waals surface area contributed by atoms with E-state index in [0.29, 0.717) is 0 Å². The molecule has 0 fully saturated rings. The summed E-state index contributed by atoms with van der Waals surface area (Å²) in [5, 5.41) is 0. The Kier molecular flexibility index (Phi) is 8.75. The number of ether oxygens (including phenoxy) is 3. The molecule has 0 aromatic rings. The zero-order chi connectivity index (χ0) is 30.7.